The van der Waals surface area contributed by atoms with Gasteiger partial charge < -0.3 is 5.11 Å². The van der Waals surface area contributed by atoms with Gasteiger partial charge >= 0.3 is 0 Å². The Labute approximate surface area is 156 Å². The number of nitrogens with zero attached hydrogens (tertiary/aromatic N) is 2. The number of amides is 1. The van der Waals surface area contributed by atoms with Gasteiger partial charge in [0.25, 0.3) is 0 Å². The van der Waals surface area contributed by atoms with Crippen LogP contribution in [0.5, 0.6) is 5.75 Å². The summed E-state index contributed by atoms with van der Waals surface area (Å²) in [4.78, 5) is 16.6. The van der Waals surface area contributed by atoms with Gasteiger partial charge in [0.05, 0.1) is 18.3 Å². The van der Waals surface area contributed by atoms with Crippen LogP contribution in [0.25, 0.3) is 21.7 Å². The number of phenols is 1. The molecule has 5 nitrogen and oxygen atoms in total. The Morgan fingerprint density at radius 3 is 2.67 bits per heavy atom. The van der Waals surface area contributed by atoms with Crippen molar-refractivity contribution in [3.05, 3.63) is 84.1 Å². The molecule has 3 aromatic carbocycles. The molecule has 0 unspecified atom stereocenters. The molecule has 132 valence electrons. The highest BCUT2D eigenvalue weighted by Crippen LogP contribution is 2.22. The summed E-state index contributed by atoms with van der Waals surface area (Å²) in [7, 11) is 0. The Bertz CT molecular complexity index is 1160. The number of phenolic OH excluding ortho intramolecular Hbond substituents is 1. The maximum Gasteiger partial charge on any atom is 0.244 e. The molecule has 0 spiro atoms. The zero-order chi connectivity index (χ0) is 18.6. The molecule has 0 bridgehead atoms. The van der Waals surface area contributed by atoms with E-state index in [9.17, 15) is 9.90 Å². The Hall–Kier alpha value is -3.73. The van der Waals surface area contributed by atoms with Crippen molar-refractivity contribution in [3.8, 4) is 5.75 Å². The van der Waals surface area contributed by atoms with Crippen LogP contribution in [-0.2, 0) is 11.2 Å². The predicted molar refractivity (Wildman–Crippen MR) is 107 cm³/mol. The molecule has 5 heteroatoms. The van der Waals surface area contributed by atoms with Gasteiger partial charge in [-0.05, 0) is 28.5 Å². The Balaban J connectivity index is 1.47. The molecule has 0 fully saturated rings. The van der Waals surface area contributed by atoms with E-state index in [-0.39, 0.29) is 18.1 Å². The lowest BCUT2D eigenvalue weighted by Crippen LogP contribution is -2.20. The lowest BCUT2D eigenvalue weighted by atomic mass is 10.0. The molecule has 1 heterocycles. The number of fused-ring (bicyclic) bond motifs is 2. The summed E-state index contributed by atoms with van der Waals surface area (Å²) in [6, 6.07) is 22.7. The lowest BCUT2D eigenvalue weighted by Gasteiger charge is -2.05. The van der Waals surface area contributed by atoms with Crippen LogP contribution in [0.15, 0.2) is 77.9 Å². The topological polar surface area (TPSA) is 74.6 Å². The second kappa shape index (κ2) is 7.25. The van der Waals surface area contributed by atoms with E-state index < -0.39 is 0 Å². The first-order chi connectivity index (χ1) is 13.2. The highest BCUT2D eigenvalue weighted by molar-refractivity contribution is 5.91. The van der Waals surface area contributed by atoms with Crippen LogP contribution in [0.2, 0.25) is 0 Å². The summed E-state index contributed by atoms with van der Waals surface area (Å²) in [6.45, 7) is 0. The molecule has 2 N–H and O–H groups in total. The number of rotatable bonds is 4. The maximum atomic E-state index is 12.2. The monoisotopic (exact) mass is 355 g/mol. The number of benzene rings is 3. The van der Waals surface area contributed by atoms with Crippen LogP contribution in [0.1, 0.15) is 11.3 Å². The number of hydrogen-bond acceptors (Lipinski definition) is 4. The number of hydrazone groups is 1. The zero-order valence-electron chi connectivity index (χ0n) is 14.5. The highest BCUT2D eigenvalue weighted by atomic mass is 16.3. The fourth-order valence-electron chi connectivity index (χ4n) is 3.05. The van der Waals surface area contributed by atoms with Crippen LogP contribution in [0.3, 0.4) is 0 Å². The number of pyridine rings is 1. The van der Waals surface area contributed by atoms with Crippen molar-refractivity contribution in [3.63, 3.8) is 0 Å². The molecule has 0 saturated heterocycles. The van der Waals surface area contributed by atoms with E-state index in [1.807, 2.05) is 54.6 Å². The number of carbonyl (C=O) groups excluding carboxylic acids is 1. The van der Waals surface area contributed by atoms with E-state index in [1.165, 1.54) is 6.21 Å². The molecule has 0 aliphatic heterocycles. The number of aromatic nitrogens is 1. The average molecular weight is 355 g/mol. The smallest absolute Gasteiger partial charge is 0.244 e. The fourth-order valence-corrected chi connectivity index (χ4v) is 3.05. The van der Waals surface area contributed by atoms with Crippen LogP contribution < -0.4 is 5.43 Å². The number of carbonyl (C=O) groups is 1. The van der Waals surface area contributed by atoms with Gasteiger partial charge in [0.2, 0.25) is 5.91 Å². The second-order valence-electron chi connectivity index (χ2n) is 6.19. The van der Waals surface area contributed by atoms with Gasteiger partial charge in [0.15, 0.2) is 0 Å². The van der Waals surface area contributed by atoms with Crippen molar-refractivity contribution in [2.75, 3.05) is 0 Å². The van der Waals surface area contributed by atoms with Crippen molar-refractivity contribution >= 4 is 33.8 Å². The molecule has 0 radical (unpaired) electrons. The second-order valence-corrected chi connectivity index (χ2v) is 6.19. The summed E-state index contributed by atoms with van der Waals surface area (Å²) >= 11 is 0. The Morgan fingerprint density at radius 2 is 1.74 bits per heavy atom. The van der Waals surface area contributed by atoms with Gasteiger partial charge in [0.1, 0.15) is 11.3 Å². The third-order valence-electron chi connectivity index (χ3n) is 4.34. The van der Waals surface area contributed by atoms with Crippen molar-refractivity contribution in [1.29, 1.82) is 0 Å². The van der Waals surface area contributed by atoms with Crippen LogP contribution in [0, 0.1) is 0 Å². The van der Waals surface area contributed by atoms with Gasteiger partial charge in [-0.2, -0.15) is 5.10 Å². The van der Waals surface area contributed by atoms with Crippen molar-refractivity contribution < 1.29 is 9.90 Å². The normalized spacial score (nSPS) is 11.3. The number of aromatic hydroxyl groups is 1. The van der Waals surface area contributed by atoms with E-state index in [0.29, 0.717) is 11.2 Å². The van der Waals surface area contributed by atoms with E-state index in [2.05, 4.69) is 15.5 Å². The molecular weight excluding hydrogens is 338 g/mol. The number of nitrogens with one attached hydrogen (secondary N) is 1. The minimum absolute atomic E-state index is 0.114. The van der Waals surface area contributed by atoms with Crippen LogP contribution in [-0.4, -0.2) is 22.2 Å². The zero-order valence-corrected chi connectivity index (χ0v) is 14.5. The van der Waals surface area contributed by atoms with Crippen LogP contribution >= 0.6 is 0 Å². The first kappa shape index (κ1) is 16.7. The maximum absolute atomic E-state index is 12.2. The molecule has 0 aliphatic carbocycles. The summed E-state index contributed by atoms with van der Waals surface area (Å²) < 4.78 is 0. The quantitative estimate of drug-likeness (QED) is 0.432. The largest absolute Gasteiger partial charge is 0.506 e. The molecule has 0 aliphatic rings. The van der Waals surface area contributed by atoms with E-state index in [4.69, 9.17) is 0 Å². The van der Waals surface area contributed by atoms with Crippen LogP contribution in [0.4, 0.5) is 0 Å². The average Bonchev–Trinajstić information content (AvgIpc) is 2.69. The number of para-hydroxylation sites is 1. The van der Waals surface area contributed by atoms with Gasteiger partial charge in [-0.15, -0.1) is 0 Å². The fraction of sp³-hybridized carbons (Fsp3) is 0.0455. The summed E-state index contributed by atoms with van der Waals surface area (Å²) in [5.41, 5.74) is 4.54. The molecule has 0 saturated carbocycles. The van der Waals surface area contributed by atoms with Gasteiger partial charge in [-0.1, -0.05) is 60.7 Å². The Kier molecular flexibility index (Phi) is 4.49. The highest BCUT2D eigenvalue weighted by Gasteiger charge is 2.06. The van der Waals surface area contributed by atoms with Crippen molar-refractivity contribution in [2.24, 2.45) is 5.10 Å². The van der Waals surface area contributed by atoms with E-state index in [1.54, 1.807) is 18.2 Å². The summed E-state index contributed by atoms with van der Waals surface area (Å²) in [5.74, 6) is -0.0889. The van der Waals surface area contributed by atoms with Crippen molar-refractivity contribution in [1.82, 2.24) is 10.4 Å². The molecule has 1 amide bonds. The lowest BCUT2D eigenvalue weighted by molar-refractivity contribution is -0.120. The molecule has 1 aromatic heterocycles. The standard InChI is InChI=1S/C22H17N3O2/c26-20-10-4-7-16-11-12-18(24-22(16)20)14-23-25-21(27)13-17-8-3-6-15-5-1-2-9-19(15)17/h1-12,14,26H,13H2,(H,25,27)/b23-14+. The minimum Gasteiger partial charge on any atom is -0.506 e. The first-order valence-corrected chi connectivity index (χ1v) is 8.58. The third kappa shape index (κ3) is 3.62. The molecule has 4 aromatic rings. The van der Waals surface area contributed by atoms with Gasteiger partial charge in [-0.25, -0.2) is 10.4 Å². The first-order valence-electron chi connectivity index (χ1n) is 8.58. The third-order valence-corrected chi connectivity index (χ3v) is 4.34. The molecule has 27 heavy (non-hydrogen) atoms. The van der Waals surface area contributed by atoms with Gasteiger partial charge in [-0.3, -0.25) is 4.79 Å². The van der Waals surface area contributed by atoms with Crippen molar-refractivity contribution in [2.45, 2.75) is 6.42 Å². The Morgan fingerprint density at radius 1 is 0.963 bits per heavy atom. The summed E-state index contributed by atoms with van der Waals surface area (Å²) in [6.07, 6.45) is 1.71. The van der Waals surface area contributed by atoms with E-state index in [0.717, 1.165) is 21.7 Å². The SMILES string of the molecule is O=C(Cc1cccc2ccccc12)N/N=C/c1ccc2cccc(O)c2n1. The molecule has 0 atom stereocenters. The number of hydrogen-bond donors (Lipinski definition) is 2. The van der Waals surface area contributed by atoms with Gasteiger partial charge in [0, 0.05) is 5.39 Å². The minimum atomic E-state index is -0.203. The summed E-state index contributed by atoms with van der Waals surface area (Å²) in [5, 5.41) is 16.9. The predicted octanol–water partition coefficient (Wildman–Crippen LogP) is 3.79. The molecular formula is C22H17N3O2. The van der Waals surface area contributed by atoms with E-state index >= 15 is 0 Å². The molecule has 4 rings (SSSR count).